The van der Waals surface area contributed by atoms with Crippen LogP contribution in [-0.2, 0) is 4.74 Å². The topological polar surface area (TPSA) is 76.6 Å². The summed E-state index contributed by atoms with van der Waals surface area (Å²) in [7, 11) is 0. The normalized spacial score (nSPS) is 22.1. The highest BCUT2D eigenvalue weighted by Crippen LogP contribution is 2.46. The summed E-state index contributed by atoms with van der Waals surface area (Å²) in [4.78, 5) is 23.4. The van der Waals surface area contributed by atoms with Crippen molar-refractivity contribution in [3.05, 3.63) is 35.9 Å². The number of anilines is 2. The molecule has 2 aromatic rings. The predicted molar refractivity (Wildman–Crippen MR) is 113 cm³/mol. The molecule has 4 rings (SSSR count). The Balaban J connectivity index is 1.46. The van der Waals surface area contributed by atoms with Gasteiger partial charge in [0.25, 0.3) is 0 Å². The Morgan fingerprint density at radius 2 is 2.17 bits per heavy atom. The van der Waals surface area contributed by atoms with Crippen molar-refractivity contribution in [1.82, 2.24) is 14.9 Å². The molecule has 2 heterocycles. The van der Waals surface area contributed by atoms with Crippen LogP contribution >= 0.6 is 11.8 Å². The minimum Gasteiger partial charge on any atom is -0.472 e. The van der Waals surface area contributed by atoms with E-state index in [2.05, 4.69) is 15.3 Å². The number of nitrogens with one attached hydrogen (secondary N) is 1. The van der Waals surface area contributed by atoms with E-state index in [0.717, 1.165) is 11.3 Å². The Morgan fingerprint density at radius 1 is 1.37 bits per heavy atom. The van der Waals surface area contributed by atoms with Crippen LogP contribution < -0.4 is 10.1 Å². The second kappa shape index (κ2) is 8.29. The predicted octanol–water partition coefficient (Wildman–Crippen LogP) is 4.39. The summed E-state index contributed by atoms with van der Waals surface area (Å²) < 4.78 is 25.8. The molecule has 1 N–H and O–H groups in total. The van der Waals surface area contributed by atoms with E-state index in [1.807, 2.05) is 33.1 Å². The number of likely N-dealkylation sites (tertiary alicyclic amines) is 1. The van der Waals surface area contributed by atoms with Gasteiger partial charge >= 0.3 is 6.09 Å². The standard InChI is InChI=1S/C21H25FN4O3S/c1-11(2)28-21(27)26-9-18(14-8-17(14)26)29-20-12(3)19(23-10-24-20)25-16-6-5-13(30-4)7-15(16)22/h5-7,10-11,14,17-18H,8-9H2,1-4H3,(H,23,24,25). The molecule has 7 nitrogen and oxygen atoms in total. The molecule has 3 unspecified atom stereocenters. The van der Waals surface area contributed by atoms with Crippen LogP contribution in [0, 0.1) is 18.7 Å². The summed E-state index contributed by atoms with van der Waals surface area (Å²) in [6.45, 7) is 5.97. The molecule has 1 saturated carbocycles. The molecule has 1 aliphatic heterocycles. The molecule has 1 aromatic carbocycles. The number of nitrogens with zero attached hydrogens (tertiary/aromatic N) is 3. The van der Waals surface area contributed by atoms with Crippen molar-refractivity contribution in [3.63, 3.8) is 0 Å². The van der Waals surface area contributed by atoms with Crippen LogP contribution in [-0.4, -0.2) is 52.0 Å². The average molecular weight is 433 g/mol. The third kappa shape index (κ3) is 4.16. The van der Waals surface area contributed by atoms with Crippen LogP contribution in [0.3, 0.4) is 0 Å². The van der Waals surface area contributed by atoms with Crippen molar-refractivity contribution in [3.8, 4) is 5.88 Å². The lowest BCUT2D eigenvalue weighted by Crippen LogP contribution is -2.36. The maximum atomic E-state index is 14.3. The van der Waals surface area contributed by atoms with Crippen LogP contribution in [0.5, 0.6) is 5.88 Å². The monoisotopic (exact) mass is 432 g/mol. The molecule has 0 radical (unpaired) electrons. The van der Waals surface area contributed by atoms with Crippen LogP contribution in [0.25, 0.3) is 0 Å². The first-order valence-electron chi connectivity index (χ1n) is 9.93. The molecule has 30 heavy (non-hydrogen) atoms. The zero-order valence-electron chi connectivity index (χ0n) is 17.4. The fourth-order valence-electron chi connectivity index (χ4n) is 3.70. The minimum atomic E-state index is -0.349. The quantitative estimate of drug-likeness (QED) is 0.679. The largest absolute Gasteiger partial charge is 0.472 e. The summed E-state index contributed by atoms with van der Waals surface area (Å²) >= 11 is 1.48. The number of hydrogen-bond donors (Lipinski definition) is 1. The second-order valence-electron chi connectivity index (χ2n) is 7.83. The van der Waals surface area contributed by atoms with Crippen molar-refractivity contribution in [2.45, 2.75) is 50.3 Å². The van der Waals surface area contributed by atoms with Crippen LogP contribution in [0.4, 0.5) is 20.7 Å². The third-order valence-corrected chi connectivity index (χ3v) is 6.09. The Bertz CT molecular complexity index is 958. The molecular formula is C21H25FN4O3S. The van der Waals surface area contributed by atoms with Crippen molar-refractivity contribution >= 4 is 29.4 Å². The fraction of sp³-hybridized carbons (Fsp3) is 0.476. The number of thioether (sulfide) groups is 1. The maximum absolute atomic E-state index is 14.3. The molecule has 1 saturated heterocycles. The second-order valence-corrected chi connectivity index (χ2v) is 8.71. The van der Waals surface area contributed by atoms with Gasteiger partial charge in [0.1, 0.15) is 24.1 Å². The molecular weight excluding hydrogens is 407 g/mol. The van der Waals surface area contributed by atoms with Crippen molar-refractivity contribution in [2.24, 2.45) is 5.92 Å². The van der Waals surface area contributed by atoms with Gasteiger partial charge in [-0.2, -0.15) is 0 Å². The Hall–Kier alpha value is -2.55. The lowest BCUT2D eigenvalue weighted by atomic mass is 10.2. The van der Waals surface area contributed by atoms with Gasteiger partial charge in [0.15, 0.2) is 0 Å². The van der Waals surface area contributed by atoms with E-state index in [0.29, 0.717) is 29.5 Å². The summed E-state index contributed by atoms with van der Waals surface area (Å²) in [6, 6.07) is 5.19. The molecule has 3 atom stereocenters. The number of aromatic nitrogens is 2. The SMILES string of the molecule is CSc1ccc(Nc2ncnc(OC3CN(C(=O)OC(C)C)C4CC34)c2C)c(F)c1. The van der Waals surface area contributed by atoms with E-state index in [1.54, 1.807) is 11.0 Å². The number of carbonyl (C=O) groups is 1. The van der Waals surface area contributed by atoms with Crippen LogP contribution in [0.2, 0.25) is 0 Å². The van der Waals surface area contributed by atoms with Gasteiger partial charge in [0.2, 0.25) is 5.88 Å². The van der Waals surface area contributed by atoms with Gasteiger partial charge in [-0.15, -0.1) is 11.8 Å². The maximum Gasteiger partial charge on any atom is 0.410 e. The number of fused-ring (bicyclic) bond motifs is 1. The fourth-order valence-corrected chi connectivity index (χ4v) is 4.13. The molecule has 0 bridgehead atoms. The number of halogens is 1. The summed E-state index contributed by atoms with van der Waals surface area (Å²) in [5, 5.41) is 3.03. The van der Waals surface area contributed by atoms with Crippen molar-refractivity contribution < 1.29 is 18.7 Å². The minimum absolute atomic E-state index is 0.145. The lowest BCUT2D eigenvalue weighted by molar-refractivity contribution is 0.0717. The zero-order chi connectivity index (χ0) is 21.4. The summed E-state index contributed by atoms with van der Waals surface area (Å²) in [5.74, 6) is 0.853. The first kappa shape index (κ1) is 20.7. The zero-order valence-corrected chi connectivity index (χ0v) is 18.2. The van der Waals surface area contributed by atoms with Gasteiger partial charge in [-0.3, -0.25) is 0 Å². The van der Waals surface area contributed by atoms with Gasteiger partial charge in [-0.1, -0.05) is 0 Å². The number of carbonyl (C=O) groups excluding carboxylic acids is 1. The highest BCUT2D eigenvalue weighted by atomic mass is 32.2. The van der Waals surface area contributed by atoms with E-state index in [4.69, 9.17) is 9.47 Å². The number of ether oxygens (including phenoxy) is 2. The first-order chi connectivity index (χ1) is 14.4. The summed E-state index contributed by atoms with van der Waals surface area (Å²) in [6.07, 6.45) is 3.60. The third-order valence-electron chi connectivity index (χ3n) is 5.36. The van der Waals surface area contributed by atoms with Crippen molar-refractivity contribution in [2.75, 3.05) is 18.1 Å². The van der Waals surface area contributed by atoms with Gasteiger partial charge in [-0.05, 0) is 51.6 Å². The Labute approximate surface area is 179 Å². The van der Waals surface area contributed by atoms with Gasteiger partial charge in [0, 0.05) is 16.9 Å². The summed E-state index contributed by atoms with van der Waals surface area (Å²) in [5.41, 5.74) is 1.03. The number of piperidine rings is 1. The number of amides is 1. The highest BCUT2D eigenvalue weighted by Gasteiger charge is 2.57. The Kier molecular flexibility index (Phi) is 5.73. The molecule has 2 fully saturated rings. The Morgan fingerprint density at radius 3 is 2.87 bits per heavy atom. The molecule has 160 valence electrons. The molecule has 2 aliphatic rings. The lowest BCUT2D eigenvalue weighted by Gasteiger charge is -2.22. The van der Waals surface area contributed by atoms with E-state index >= 15 is 0 Å². The van der Waals surface area contributed by atoms with E-state index in [9.17, 15) is 9.18 Å². The van der Waals surface area contributed by atoms with E-state index in [1.165, 1.54) is 24.2 Å². The molecule has 9 heteroatoms. The van der Waals surface area contributed by atoms with Gasteiger partial charge < -0.3 is 19.7 Å². The van der Waals surface area contributed by atoms with Crippen LogP contribution in [0.15, 0.2) is 29.4 Å². The first-order valence-corrected chi connectivity index (χ1v) is 11.2. The molecule has 1 amide bonds. The number of rotatable bonds is 6. The highest BCUT2D eigenvalue weighted by molar-refractivity contribution is 7.98. The number of benzene rings is 1. The van der Waals surface area contributed by atoms with Crippen LogP contribution in [0.1, 0.15) is 25.8 Å². The molecule has 0 spiro atoms. The smallest absolute Gasteiger partial charge is 0.410 e. The van der Waals surface area contributed by atoms with Crippen molar-refractivity contribution in [1.29, 1.82) is 0 Å². The number of hydrogen-bond acceptors (Lipinski definition) is 7. The van der Waals surface area contributed by atoms with E-state index < -0.39 is 0 Å². The average Bonchev–Trinajstić information content (AvgIpc) is 3.41. The van der Waals surface area contributed by atoms with E-state index in [-0.39, 0.29) is 36.1 Å². The molecule has 1 aliphatic carbocycles. The molecule has 1 aromatic heterocycles. The van der Waals surface area contributed by atoms with Gasteiger partial charge in [0.05, 0.1) is 23.9 Å². The van der Waals surface area contributed by atoms with Gasteiger partial charge in [-0.25, -0.2) is 19.2 Å².